The van der Waals surface area contributed by atoms with Crippen LogP contribution in [0.3, 0.4) is 0 Å². The lowest BCUT2D eigenvalue weighted by Crippen LogP contribution is -2.08. The number of hydrogen-bond donors (Lipinski definition) is 1. The molecule has 0 spiro atoms. The van der Waals surface area contributed by atoms with E-state index in [0.717, 1.165) is 24.7 Å². The molecule has 0 radical (unpaired) electrons. The van der Waals surface area contributed by atoms with Gasteiger partial charge in [0.05, 0.1) is 5.69 Å². The van der Waals surface area contributed by atoms with Crippen LogP contribution in [0, 0.1) is 12.7 Å². The van der Waals surface area contributed by atoms with Crippen molar-refractivity contribution in [2.45, 2.75) is 19.9 Å². The first-order valence-corrected chi connectivity index (χ1v) is 8.43. The van der Waals surface area contributed by atoms with Gasteiger partial charge in [-0.2, -0.15) is 0 Å². The van der Waals surface area contributed by atoms with Gasteiger partial charge in [0.25, 0.3) is 0 Å². The number of nitrogens with one attached hydrogen (secondary N) is 1. The summed E-state index contributed by atoms with van der Waals surface area (Å²) in [6.45, 7) is 4.08. The Kier molecular flexibility index (Phi) is 5.26. The van der Waals surface area contributed by atoms with Crippen LogP contribution < -0.4 is 5.32 Å². The van der Waals surface area contributed by atoms with E-state index in [9.17, 15) is 4.39 Å². The molecule has 0 aliphatic heterocycles. The minimum absolute atomic E-state index is 0.0419. The average molecular weight is 466 g/mol. The molecule has 1 N–H and O–H groups in total. The highest BCUT2D eigenvalue weighted by molar-refractivity contribution is 9.11. The lowest BCUT2D eigenvalue weighted by atomic mass is 10.1. The standard InChI is InChI=1S/C15H13Br3FN/c1-8-5-13(17)15(14(18)6-8)20-9(2)11-4-3-10(19)7-12(11)16/h3-7,9,20H,1-2H3. The van der Waals surface area contributed by atoms with Crippen LogP contribution in [0.15, 0.2) is 43.7 Å². The second kappa shape index (κ2) is 6.58. The van der Waals surface area contributed by atoms with Gasteiger partial charge in [0.1, 0.15) is 5.82 Å². The van der Waals surface area contributed by atoms with E-state index in [0.29, 0.717) is 0 Å². The highest BCUT2D eigenvalue weighted by atomic mass is 79.9. The lowest BCUT2D eigenvalue weighted by Gasteiger charge is -2.20. The van der Waals surface area contributed by atoms with Crippen molar-refractivity contribution in [3.05, 3.63) is 60.7 Å². The first-order valence-electron chi connectivity index (χ1n) is 6.05. The van der Waals surface area contributed by atoms with Gasteiger partial charge in [-0.05, 0) is 81.1 Å². The summed E-state index contributed by atoms with van der Waals surface area (Å²) in [5.74, 6) is -0.245. The molecule has 0 bridgehead atoms. The average Bonchev–Trinajstić information content (AvgIpc) is 2.33. The molecule has 0 saturated heterocycles. The van der Waals surface area contributed by atoms with E-state index in [4.69, 9.17) is 0 Å². The van der Waals surface area contributed by atoms with Crippen molar-refractivity contribution in [1.82, 2.24) is 0 Å². The van der Waals surface area contributed by atoms with Crippen LogP contribution in [0.25, 0.3) is 0 Å². The summed E-state index contributed by atoms with van der Waals surface area (Å²) < 4.78 is 15.9. The molecule has 2 aromatic rings. The maximum absolute atomic E-state index is 13.1. The minimum Gasteiger partial charge on any atom is -0.377 e. The maximum atomic E-state index is 13.1. The van der Waals surface area contributed by atoms with E-state index in [-0.39, 0.29) is 11.9 Å². The molecule has 0 amide bonds. The molecule has 2 rings (SSSR count). The Bertz CT molecular complexity index is 620. The van der Waals surface area contributed by atoms with Crippen molar-refractivity contribution in [1.29, 1.82) is 0 Å². The molecule has 0 aliphatic carbocycles. The van der Waals surface area contributed by atoms with E-state index >= 15 is 0 Å². The van der Waals surface area contributed by atoms with E-state index in [1.54, 1.807) is 6.07 Å². The highest BCUT2D eigenvalue weighted by Gasteiger charge is 2.13. The van der Waals surface area contributed by atoms with Crippen molar-refractivity contribution in [2.75, 3.05) is 5.32 Å². The van der Waals surface area contributed by atoms with Crippen LogP contribution in [0.4, 0.5) is 10.1 Å². The Morgan fingerprint density at radius 2 is 1.60 bits per heavy atom. The Labute approximate surface area is 143 Å². The monoisotopic (exact) mass is 463 g/mol. The van der Waals surface area contributed by atoms with Gasteiger partial charge in [-0.15, -0.1) is 0 Å². The van der Waals surface area contributed by atoms with Gasteiger partial charge < -0.3 is 5.32 Å². The van der Waals surface area contributed by atoms with Gasteiger partial charge in [0.15, 0.2) is 0 Å². The zero-order valence-corrected chi connectivity index (χ0v) is 15.7. The summed E-state index contributed by atoms with van der Waals surface area (Å²) in [5.41, 5.74) is 3.16. The number of hydrogen-bond acceptors (Lipinski definition) is 1. The molecular weight excluding hydrogens is 453 g/mol. The first-order chi connectivity index (χ1) is 9.38. The quantitative estimate of drug-likeness (QED) is 0.538. The number of rotatable bonds is 3. The summed E-state index contributed by atoms with van der Waals surface area (Å²) >= 11 is 10.5. The zero-order valence-electron chi connectivity index (χ0n) is 11.0. The Hall–Kier alpha value is -0.390. The molecule has 5 heteroatoms. The fourth-order valence-corrected chi connectivity index (χ4v) is 4.32. The molecule has 0 fully saturated rings. The van der Waals surface area contributed by atoms with Crippen LogP contribution in [0.1, 0.15) is 24.1 Å². The first kappa shape index (κ1) is 16.0. The second-order valence-electron chi connectivity index (χ2n) is 4.64. The van der Waals surface area contributed by atoms with Gasteiger partial charge in [-0.1, -0.05) is 22.0 Å². The Morgan fingerprint density at radius 3 is 2.15 bits per heavy atom. The summed E-state index contributed by atoms with van der Waals surface area (Å²) in [5, 5.41) is 3.44. The Balaban J connectivity index is 2.30. The largest absolute Gasteiger partial charge is 0.377 e. The van der Waals surface area contributed by atoms with Crippen molar-refractivity contribution in [3.63, 3.8) is 0 Å². The molecule has 1 unspecified atom stereocenters. The molecule has 20 heavy (non-hydrogen) atoms. The number of halogens is 4. The number of benzene rings is 2. The van der Waals surface area contributed by atoms with Gasteiger partial charge in [-0.25, -0.2) is 4.39 Å². The van der Waals surface area contributed by atoms with E-state index in [1.807, 2.05) is 13.8 Å². The van der Waals surface area contributed by atoms with E-state index in [1.165, 1.54) is 17.7 Å². The minimum atomic E-state index is -0.245. The molecule has 1 nitrogen and oxygen atoms in total. The van der Waals surface area contributed by atoms with Gasteiger partial charge in [0.2, 0.25) is 0 Å². The van der Waals surface area contributed by atoms with Crippen molar-refractivity contribution >= 4 is 53.5 Å². The molecular formula is C15H13Br3FN. The van der Waals surface area contributed by atoms with E-state index in [2.05, 4.69) is 65.2 Å². The zero-order chi connectivity index (χ0) is 14.9. The van der Waals surface area contributed by atoms with Crippen molar-refractivity contribution in [2.24, 2.45) is 0 Å². The third kappa shape index (κ3) is 3.62. The SMILES string of the molecule is Cc1cc(Br)c(NC(C)c2ccc(F)cc2Br)c(Br)c1. The summed E-state index contributed by atoms with van der Waals surface area (Å²) in [4.78, 5) is 0. The normalized spacial score (nSPS) is 12.3. The van der Waals surface area contributed by atoms with Gasteiger partial charge >= 0.3 is 0 Å². The van der Waals surface area contributed by atoms with Crippen LogP contribution >= 0.6 is 47.8 Å². The van der Waals surface area contributed by atoms with Gasteiger partial charge in [-0.3, -0.25) is 0 Å². The molecule has 106 valence electrons. The van der Waals surface area contributed by atoms with Gasteiger partial charge in [0, 0.05) is 19.5 Å². The molecule has 2 aromatic carbocycles. The molecule has 0 aromatic heterocycles. The van der Waals surface area contributed by atoms with Crippen LogP contribution in [-0.4, -0.2) is 0 Å². The summed E-state index contributed by atoms with van der Waals surface area (Å²) in [6.07, 6.45) is 0. The molecule has 0 saturated carbocycles. The fraction of sp³-hybridized carbons (Fsp3) is 0.200. The molecule has 0 aliphatic rings. The third-order valence-electron chi connectivity index (χ3n) is 2.98. The second-order valence-corrected chi connectivity index (χ2v) is 7.20. The smallest absolute Gasteiger partial charge is 0.124 e. The number of anilines is 1. The molecule has 0 heterocycles. The Morgan fingerprint density at radius 1 is 1.00 bits per heavy atom. The lowest BCUT2D eigenvalue weighted by molar-refractivity contribution is 0.625. The predicted octanol–water partition coefficient (Wildman–Crippen LogP) is 6.59. The maximum Gasteiger partial charge on any atom is 0.124 e. The van der Waals surface area contributed by atoms with Crippen LogP contribution in [-0.2, 0) is 0 Å². The summed E-state index contributed by atoms with van der Waals surface area (Å²) in [7, 11) is 0. The van der Waals surface area contributed by atoms with Crippen molar-refractivity contribution < 1.29 is 4.39 Å². The van der Waals surface area contributed by atoms with Crippen molar-refractivity contribution in [3.8, 4) is 0 Å². The predicted molar refractivity (Wildman–Crippen MR) is 92.7 cm³/mol. The fourth-order valence-electron chi connectivity index (χ4n) is 1.98. The summed E-state index contributed by atoms with van der Waals surface area (Å²) in [6, 6.07) is 8.89. The topological polar surface area (TPSA) is 12.0 Å². The molecule has 1 atom stereocenters. The third-order valence-corrected chi connectivity index (χ3v) is 4.91. The van der Waals surface area contributed by atoms with E-state index < -0.39 is 0 Å². The number of aryl methyl sites for hydroxylation is 1. The van der Waals surface area contributed by atoms with Crippen LogP contribution in [0.2, 0.25) is 0 Å². The highest BCUT2D eigenvalue weighted by Crippen LogP contribution is 2.36. The van der Waals surface area contributed by atoms with Crippen LogP contribution in [0.5, 0.6) is 0 Å².